The fourth-order valence-electron chi connectivity index (χ4n) is 1.50. The Kier molecular flexibility index (Phi) is 10.6. The molecule has 0 amide bonds. The van der Waals surface area contributed by atoms with Crippen LogP contribution in [0.15, 0.2) is 23.2 Å². The lowest BCUT2D eigenvalue weighted by atomic mass is 10.3. The molecule has 0 unspecified atom stereocenters. The lowest BCUT2D eigenvalue weighted by Gasteiger charge is -2.11. The third-order valence-electron chi connectivity index (χ3n) is 2.51. The highest BCUT2D eigenvalue weighted by Gasteiger charge is 2.02. The number of aliphatic imine (C=N–C) groups is 1. The predicted molar refractivity (Wildman–Crippen MR) is 95.2 cm³/mol. The molecule has 0 aromatic heterocycles. The monoisotopic (exact) mass is 409 g/mol. The van der Waals surface area contributed by atoms with Gasteiger partial charge in [-0.1, -0.05) is 6.92 Å². The Bertz CT molecular complexity index is 419. The van der Waals surface area contributed by atoms with Gasteiger partial charge in [-0.05, 0) is 6.42 Å². The van der Waals surface area contributed by atoms with E-state index in [2.05, 4.69) is 17.2 Å². The molecule has 7 heteroatoms. The molecule has 0 aliphatic heterocycles. The average molecular weight is 409 g/mol. The SMILES string of the molecule is CCCN=C(N)NCCOc1cc(OC)cc(OC)c1.I. The summed E-state index contributed by atoms with van der Waals surface area (Å²) in [7, 11) is 3.20. The second-order valence-corrected chi connectivity index (χ2v) is 4.09. The Balaban J connectivity index is 0.00000400. The first kappa shape index (κ1) is 19.6. The van der Waals surface area contributed by atoms with E-state index in [1.165, 1.54) is 0 Å². The maximum atomic E-state index is 5.67. The van der Waals surface area contributed by atoms with E-state index in [9.17, 15) is 0 Å². The number of nitrogens with one attached hydrogen (secondary N) is 1. The number of halogens is 1. The Morgan fingerprint density at radius 3 is 2.24 bits per heavy atom. The van der Waals surface area contributed by atoms with Crippen molar-refractivity contribution in [3.05, 3.63) is 18.2 Å². The van der Waals surface area contributed by atoms with Gasteiger partial charge in [0.25, 0.3) is 0 Å². The van der Waals surface area contributed by atoms with Crippen molar-refractivity contribution in [1.82, 2.24) is 5.32 Å². The summed E-state index contributed by atoms with van der Waals surface area (Å²) in [5, 5.41) is 2.99. The summed E-state index contributed by atoms with van der Waals surface area (Å²) in [6.45, 7) is 3.83. The van der Waals surface area contributed by atoms with Gasteiger partial charge in [0.2, 0.25) is 0 Å². The molecule has 0 heterocycles. The van der Waals surface area contributed by atoms with Gasteiger partial charge in [0.1, 0.15) is 23.9 Å². The number of guanidine groups is 1. The fraction of sp³-hybridized carbons (Fsp3) is 0.500. The zero-order chi connectivity index (χ0) is 14.8. The van der Waals surface area contributed by atoms with Crippen LogP contribution in [0.4, 0.5) is 0 Å². The third-order valence-corrected chi connectivity index (χ3v) is 2.51. The quantitative estimate of drug-likeness (QED) is 0.297. The number of nitrogens with two attached hydrogens (primary N) is 1. The topological polar surface area (TPSA) is 78.1 Å². The first-order chi connectivity index (χ1) is 9.69. The van der Waals surface area contributed by atoms with Crippen LogP contribution in [-0.2, 0) is 0 Å². The summed E-state index contributed by atoms with van der Waals surface area (Å²) in [5.74, 6) is 2.51. The fourth-order valence-corrected chi connectivity index (χ4v) is 1.50. The Morgan fingerprint density at radius 2 is 1.71 bits per heavy atom. The van der Waals surface area contributed by atoms with Crippen LogP contribution in [0, 0.1) is 0 Å². The van der Waals surface area contributed by atoms with Crippen LogP contribution in [-0.4, -0.2) is 39.9 Å². The van der Waals surface area contributed by atoms with E-state index in [4.69, 9.17) is 19.9 Å². The van der Waals surface area contributed by atoms with Gasteiger partial charge in [0, 0.05) is 24.7 Å². The van der Waals surface area contributed by atoms with Gasteiger partial charge in [0.05, 0.1) is 20.8 Å². The van der Waals surface area contributed by atoms with Crippen LogP contribution in [0.2, 0.25) is 0 Å². The summed E-state index contributed by atoms with van der Waals surface area (Å²) in [6, 6.07) is 5.40. The largest absolute Gasteiger partial charge is 0.496 e. The molecule has 0 spiro atoms. The molecular formula is C14H24IN3O3. The molecule has 0 saturated heterocycles. The summed E-state index contributed by atoms with van der Waals surface area (Å²) in [6.07, 6.45) is 0.975. The number of ether oxygens (including phenoxy) is 3. The van der Waals surface area contributed by atoms with Crippen LogP contribution in [0.3, 0.4) is 0 Å². The van der Waals surface area contributed by atoms with Gasteiger partial charge in [0.15, 0.2) is 5.96 Å². The van der Waals surface area contributed by atoms with Crippen LogP contribution in [0.5, 0.6) is 17.2 Å². The molecule has 0 bridgehead atoms. The van der Waals surface area contributed by atoms with Crippen LogP contribution in [0.1, 0.15) is 13.3 Å². The molecular weight excluding hydrogens is 385 g/mol. The zero-order valence-electron chi connectivity index (χ0n) is 12.7. The summed E-state index contributed by atoms with van der Waals surface area (Å²) in [5.41, 5.74) is 5.67. The van der Waals surface area contributed by atoms with Crippen LogP contribution < -0.4 is 25.3 Å². The third kappa shape index (κ3) is 7.84. The molecule has 1 aromatic carbocycles. The van der Waals surface area contributed by atoms with E-state index in [1.54, 1.807) is 32.4 Å². The van der Waals surface area contributed by atoms with Gasteiger partial charge in [-0.2, -0.15) is 0 Å². The summed E-state index contributed by atoms with van der Waals surface area (Å²) >= 11 is 0. The molecule has 0 aliphatic rings. The molecule has 120 valence electrons. The molecule has 0 saturated carbocycles. The van der Waals surface area contributed by atoms with Crippen molar-refractivity contribution in [3.63, 3.8) is 0 Å². The highest BCUT2D eigenvalue weighted by molar-refractivity contribution is 14.0. The van der Waals surface area contributed by atoms with Gasteiger partial charge in [-0.3, -0.25) is 4.99 Å². The lowest BCUT2D eigenvalue weighted by Crippen LogP contribution is -2.34. The van der Waals surface area contributed by atoms with Gasteiger partial charge in [-0.25, -0.2) is 0 Å². The molecule has 6 nitrogen and oxygen atoms in total. The Morgan fingerprint density at radius 1 is 1.14 bits per heavy atom. The Hall–Kier alpha value is -1.38. The van der Waals surface area contributed by atoms with Crippen LogP contribution in [0.25, 0.3) is 0 Å². The first-order valence-corrected chi connectivity index (χ1v) is 6.59. The van der Waals surface area contributed by atoms with E-state index < -0.39 is 0 Å². The molecule has 0 aliphatic carbocycles. The molecule has 21 heavy (non-hydrogen) atoms. The molecule has 0 radical (unpaired) electrons. The smallest absolute Gasteiger partial charge is 0.188 e. The average Bonchev–Trinajstić information content (AvgIpc) is 2.49. The van der Waals surface area contributed by atoms with Gasteiger partial charge >= 0.3 is 0 Å². The van der Waals surface area contributed by atoms with Crippen molar-refractivity contribution in [3.8, 4) is 17.2 Å². The Labute approximate surface area is 143 Å². The summed E-state index contributed by atoms with van der Waals surface area (Å²) in [4.78, 5) is 4.13. The van der Waals surface area contributed by atoms with E-state index in [0.717, 1.165) is 13.0 Å². The normalized spacial score (nSPS) is 10.5. The number of nitrogens with zero attached hydrogens (tertiary/aromatic N) is 1. The first-order valence-electron chi connectivity index (χ1n) is 6.59. The van der Waals surface area contributed by atoms with Crippen molar-refractivity contribution >= 4 is 29.9 Å². The van der Waals surface area contributed by atoms with E-state index in [-0.39, 0.29) is 24.0 Å². The zero-order valence-corrected chi connectivity index (χ0v) is 15.0. The number of methoxy groups -OCH3 is 2. The summed E-state index contributed by atoms with van der Waals surface area (Å²) < 4.78 is 16.0. The van der Waals surface area contributed by atoms with Gasteiger partial charge < -0.3 is 25.3 Å². The molecule has 1 aromatic rings. The second-order valence-electron chi connectivity index (χ2n) is 4.09. The standard InChI is InChI=1S/C14H23N3O3.HI/c1-4-5-16-14(15)17-6-7-20-13-9-11(18-2)8-12(10-13)19-3;/h8-10H,4-7H2,1-3H3,(H3,15,16,17);1H. The lowest BCUT2D eigenvalue weighted by molar-refractivity contribution is 0.315. The van der Waals surface area contributed by atoms with E-state index in [0.29, 0.717) is 36.4 Å². The van der Waals surface area contributed by atoms with E-state index in [1.807, 2.05) is 0 Å². The molecule has 1 rings (SSSR count). The van der Waals surface area contributed by atoms with Crippen molar-refractivity contribution < 1.29 is 14.2 Å². The van der Waals surface area contributed by atoms with E-state index >= 15 is 0 Å². The minimum atomic E-state index is 0. The van der Waals surface area contributed by atoms with Gasteiger partial charge in [-0.15, -0.1) is 24.0 Å². The molecule has 0 fully saturated rings. The van der Waals surface area contributed by atoms with Crippen molar-refractivity contribution in [2.24, 2.45) is 10.7 Å². The van der Waals surface area contributed by atoms with Crippen molar-refractivity contribution in [1.29, 1.82) is 0 Å². The van der Waals surface area contributed by atoms with Crippen molar-refractivity contribution in [2.75, 3.05) is 33.9 Å². The number of benzene rings is 1. The predicted octanol–water partition coefficient (Wildman–Crippen LogP) is 2.01. The second kappa shape index (κ2) is 11.3. The van der Waals surface area contributed by atoms with Crippen molar-refractivity contribution in [2.45, 2.75) is 13.3 Å². The highest BCUT2D eigenvalue weighted by atomic mass is 127. The van der Waals surface area contributed by atoms with Crippen LogP contribution >= 0.6 is 24.0 Å². The number of hydrogen-bond donors (Lipinski definition) is 2. The minimum absolute atomic E-state index is 0. The maximum Gasteiger partial charge on any atom is 0.188 e. The molecule has 0 atom stereocenters. The highest BCUT2D eigenvalue weighted by Crippen LogP contribution is 2.27. The number of rotatable bonds is 8. The number of hydrogen-bond acceptors (Lipinski definition) is 4. The molecule has 3 N–H and O–H groups in total. The minimum Gasteiger partial charge on any atom is -0.496 e. The maximum absolute atomic E-state index is 5.67.